The highest BCUT2D eigenvalue weighted by atomic mass is 31.2. The van der Waals surface area contributed by atoms with Crippen LogP contribution in [0.3, 0.4) is 0 Å². The largest absolute Gasteiger partial charge is 0.508 e. The minimum atomic E-state index is -4.60. The minimum absolute atomic E-state index is 0.116. The standard InChI is InChI=1S/C43H56N3O8P/c1-28(2)37-23-35(19-20-41(37)47)24-38-31(7)21-36(22-32(38)8)52-27-55(50,51)46(44-39(42(48)53-29(3)4)25-33-15-11-9-12-16-33)45-40(43(49)54-30(5)6)26-34-17-13-10-14-18-34/h9-23,28-30,39-40,44-45,47H,24-27H2,1-8H3,(H,50,51). The number of esters is 2. The van der Waals surface area contributed by atoms with Gasteiger partial charge in [-0.3, -0.25) is 14.2 Å². The van der Waals surface area contributed by atoms with Crippen LogP contribution in [0.5, 0.6) is 11.5 Å². The van der Waals surface area contributed by atoms with Crippen molar-refractivity contribution >= 4 is 19.5 Å². The number of carbonyl (C=O) groups excluding carboxylic acids is 2. The molecule has 0 bridgehead atoms. The van der Waals surface area contributed by atoms with E-state index in [2.05, 4.69) is 10.9 Å². The topological polar surface area (TPSA) is 147 Å². The van der Waals surface area contributed by atoms with Crippen LogP contribution in [-0.2, 0) is 42.9 Å². The van der Waals surface area contributed by atoms with Gasteiger partial charge in [0.2, 0.25) is 0 Å². The van der Waals surface area contributed by atoms with Crippen LogP contribution in [-0.4, -0.2) is 57.5 Å². The summed E-state index contributed by atoms with van der Waals surface area (Å²) in [6, 6.07) is 25.4. The Morgan fingerprint density at radius 3 is 1.62 bits per heavy atom. The molecule has 296 valence electrons. The highest BCUT2D eigenvalue weighted by Crippen LogP contribution is 2.43. The van der Waals surface area contributed by atoms with E-state index >= 15 is 0 Å². The summed E-state index contributed by atoms with van der Waals surface area (Å²) in [5.41, 5.74) is 12.2. The Bertz CT molecular complexity index is 1830. The van der Waals surface area contributed by atoms with Crippen LogP contribution < -0.4 is 15.6 Å². The summed E-state index contributed by atoms with van der Waals surface area (Å²) in [6.07, 6.45) is -0.745. The summed E-state index contributed by atoms with van der Waals surface area (Å²) in [6.45, 7) is 14.9. The van der Waals surface area contributed by atoms with Crippen LogP contribution in [0, 0.1) is 13.8 Å². The van der Waals surface area contributed by atoms with E-state index in [1.165, 1.54) is 0 Å². The molecule has 0 radical (unpaired) electrons. The third-order valence-corrected chi connectivity index (χ3v) is 10.2. The first-order chi connectivity index (χ1) is 26.0. The smallest absolute Gasteiger partial charge is 0.333 e. The molecular weight excluding hydrogens is 717 g/mol. The lowest BCUT2D eigenvalue weighted by Gasteiger charge is -2.34. The molecule has 0 saturated heterocycles. The zero-order valence-electron chi connectivity index (χ0n) is 33.1. The van der Waals surface area contributed by atoms with Crippen molar-refractivity contribution in [2.24, 2.45) is 0 Å². The van der Waals surface area contributed by atoms with Gasteiger partial charge in [0, 0.05) is 0 Å². The minimum Gasteiger partial charge on any atom is -0.508 e. The number of hydrogen-bond donors (Lipinski definition) is 4. The number of carbonyl (C=O) groups is 2. The summed E-state index contributed by atoms with van der Waals surface area (Å²) in [4.78, 5) is 39.6. The molecule has 0 heterocycles. The molecule has 0 saturated carbocycles. The molecule has 4 rings (SSSR count). The molecule has 0 fully saturated rings. The highest BCUT2D eigenvalue weighted by molar-refractivity contribution is 7.55. The van der Waals surface area contributed by atoms with Gasteiger partial charge < -0.3 is 24.2 Å². The molecule has 0 amide bonds. The van der Waals surface area contributed by atoms with Crippen molar-refractivity contribution < 1.29 is 38.4 Å². The van der Waals surface area contributed by atoms with E-state index in [-0.39, 0.29) is 24.5 Å². The molecule has 0 aliphatic rings. The van der Waals surface area contributed by atoms with E-state index in [4.69, 9.17) is 14.2 Å². The molecule has 55 heavy (non-hydrogen) atoms. The van der Waals surface area contributed by atoms with Crippen molar-refractivity contribution in [3.05, 3.63) is 130 Å². The average molecular weight is 774 g/mol. The Labute approximate surface area is 325 Å². The van der Waals surface area contributed by atoms with E-state index in [9.17, 15) is 24.2 Å². The van der Waals surface area contributed by atoms with E-state index in [1.807, 2.05) is 113 Å². The van der Waals surface area contributed by atoms with Crippen LogP contribution in [0.4, 0.5) is 0 Å². The summed E-state index contributed by atoms with van der Waals surface area (Å²) in [7, 11) is -4.60. The second-order valence-electron chi connectivity index (χ2n) is 14.7. The second-order valence-corrected chi connectivity index (χ2v) is 16.7. The maximum absolute atomic E-state index is 14.5. The van der Waals surface area contributed by atoms with Crippen LogP contribution in [0.15, 0.2) is 91.0 Å². The summed E-state index contributed by atoms with van der Waals surface area (Å²) < 4.78 is 31.6. The molecule has 0 aliphatic heterocycles. The molecule has 4 N–H and O–H groups in total. The SMILES string of the molecule is Cc1cc(OCP(=O)(O)N(NC(Cc2ccccc2)C(=O)OC(C)C)NC(Cc2ccccc2)C(=O)OC(C)C)cc(C)c1Cc1ccc(O)c(C(C)C)c1. The van der Waals surface area contributed by atoms with Gasteiger partial charge in [-0.1, -0.05) is 91.5 Å². The van der Waals surface area contributed by atoms with Gasteiger partial charge in [0.05, 0.1) is 12.2 Å². The van der Waals surface area contributed by atoms with Gasteiger partial charge in [-0.05, 0) is 124 Å². The van der Waals surface area contributed by atoms with Crippen molar-refractivity contribution in [2.45, 2.75) is 105 Å². The molecule has 0 aromatic heterocycles. The number of aromatic hydroxyl groups is 1. The van der Waals surface area contributed by atoms with Crippen LogP contribution in [0.25, 0.3) is 0 Å². The Morgan fingerprint density at radius 2 is 1.18 bits per heavy atom. The first kappa shape index (κ1) is 43.2. The van der Waals surface area contributed by atoms with Crippen molar-refractivity contribution in [3.8, 4) is 11.5 Å². The van der Waals surface area contributed by atoms with E-state index in [0.717, 1.165) is 43.8 Å². The van der Waals surface area contributed by atoms with Crippen LogP contribution in [0.2, 0.25) is 0 Å². The molecule has 4 aromatic carbocycles. The summed E-state index contributed by atoms with van der Waals surface area (Å²) in [5.74, 6) is -0.478. The van der Waals surface area contributed by atoms with Gasteiger partial charge in [-0.2, -0.15) is 0 Å². The fourth-order valence-electron chi connectivity index (χ4n) is 6.12. The Morgan fingerprint density at radius 1 is 0.709 bits per heavy atom. The number of ether oxygens (including phenoxy) is 3. The number of aryl methyl sites for hydroxylation is 2. The second kappa shape index (κ2) is 19.9. The number of hydrogen-bond acceptors (Lipinski definition) is 9. The molecule has 4 aromatic rings. The molecule has 11 nitrogen and oxygen atoms in total. The van der Waals surface area contributed by atoms with E-state index in [0.29, 0.717) is 12.2 Å². The maximum atomic E-state index is 14.5. The van der Waals surface area contributed by atoms with Gasteiger partial charge in [-0.25, -0.2) is 10.9 Å². The quantitative estimate of drug-likeness (QED) is 0.0423. The normalized spacial score (nSPS) is 13.8. The number of phenols is 1. The molecule has 0 aliphatic carbocycles. The van der Waals surface area contributed by atoms with Crippen molar-refractivity contribution in [1.29, 1.82) is 0 Å². The van der Waals surface area contributed by atoms with Gasteiger partial charge in [0.25, 0.3) is 0 Å². The lowest BCUT2D eigenvalue weighted by atomic mass is 9.93. The molecule has 12 heteroatoms. The Kier molecular flexibility index (Phi) is 15.6. The number of nitrogens with one attached hydrogen (secondary N) is 2. The van der Waals surface area contributed by atoms with E-state index in [1.54, 1.807) is 33.8 Å². The average Bonchev–Trinajstić information content (AvgIpc) is 3.12. The lowest BCUT2D eigenvalue weighted by molar-refractivity contribution is -0.152. The third kappa shape index (κ3) is 13.0. The first-order valence-electron chi connectivity index (χ1n) is 18.7. The molecular formula is C43H56N3O8P. The monoisotopic (exact) mass is 773 g/mol. The van der Waals surface area contributed by atoms with Gasteiger partial charge in [0.15, 0.2) is 6.35 Å². The molecule has 3 unspecified atom stereocenters. The zero-order valence-corrected chi connectivity index (χ0v) is 34.0. The molecule has 3 atom stereocenters. The highest BCUT2D eigenvalue weighted by Gasteiger charge is 2.38. The van der Waals surface area contributed by atoms with Crippen molar-refractivity contribution in [3.63, 3.8) is 0 Å². The van der Waals surface area contributed by atoms with Gasteiger partial charge in [-0.15, -0.1) is 0 Å². The van der Waals surface area contributed by atoms with Crippen molar-refractivity contribution in [1.82, 2.24) is 15.7 Å². The number of rotatable bonds is 19. The lowest BCUT2D eigenvalue weighted by Crippen LogP contribution is -2.59. The van der Waals surface area contributed by atoms with Crippen molar-refractivity contribution in [2.75, 3.05) is 6.35 Å². The summed E-state index contributed by atoms with van der Waals surface area (Å²) in [5, 5.41) is 10.3. The Hall–Kier alpha value is -4.51. The number of hydrazine groups is 2. The predicted molar refractivity (Wildman–Crippen MR) is 215 cm³/mol. The fourth-order valence-corrected chi connectivity index (χ4v) is 7.19. The number of phenolic OH excluding ortho intramolecular Hbond substituents is 1. The predicted octanol–water partition coefficient (Wildman–Crippen LogP) is 7.68. The number of benzene rings is 4. The summed E-state index contributed by atoms with van der Waals surface area (Å²) >= 11 is 0. The third-order valence-electron chi connectivity index (χ3n) is 8.87. The molecule has 0 spiro atoms. The van der Waals surface area contributed by atoms with Gasteiger partial charge in [0.1, 0.15) is 23.6 Å². The van der Waals surface area contributed by atoms with Crippen LogP contribution in [0.1, 0.15) is 86.4 Å². The zero-order chi connectivity index (χ0) is 40.3. The fraction of sp³-hybridized carbons (Fsp3) is 0.395. The first-order valence-corrected chi connectivity index (χ1v) is 20.5. The van der Waals surface area contributed by atoms with Crippen LogP contribution >= 0.6 is 7.52 Å². The van der Waals surface area contributed by atoms with Gasteiger partial charge >= 0.3 is 19.5 Å². The maximum Gasteiger partial charge on any atom is 0.333 e. The number of nitrogens with zero attached hydrogens (tertiary/aromatic N) is 1. The van der Waals surface area contributed by atoms with E-state index < -0.39 is 50.1 Å². The Balaban J connectivity index is 1.66.